The Kier molecular flexibility index (Phi) is 7.67. The maximum Gasteiger partial charge on any atom is 0.421 e. The highest BCUT2D eigenvalue weighted by Gasteiger charge is 2.39. The maximum atomic E-state index is 12.9. The Bertz CT molecular complexity index is 985. The van der Waals surface area contributed by atoms with Gasteiger partial charge in [-0.2, -0.15) is 26.3 Å². The molecule has 2 amide bonds. The van der Waals surface area contributed by atoms with Crippen LogP contribution < -0.4 is 10.6 Å². The molecule has 1 unspecified atom stereocenters. The lowest BCUT2D eigenvalue weighted by Crippen LogP contribution is -2.51. The number of amides is 2. The number of primary amides is 1. The van der Waals surface area contributed by atoms with Gasteiger partial charge in [-0.25, -0.2) is 9.97 Å². The number of rotatable bonds is 6. The van der Waals surface area contributed by atoms with Crippen molar-refractivity contribution in [3.05, 3.63) is 29.6 Å². The van der Waals surface area contributed by atoms with E-state index in [0.29, 0.717) is 57.6 Å². The van der Waals surface area contributed by atoms with Crippen LogP contribution in [0.25, 0.3) is 0 Å². The number of allylic oxidation sites excluding steroid dienone is 1. The lowest BCUT2D eigenvalue weighted by molar-refractivity contribution is -0.138. The number of carbonyl (C=O) groups excluding carboxylic acids is 2. The fourth-order valence-corrected chi connectivity index (χ4v) is 3.87. The third kappa shape index (κ3) is 6.68. The molecule has 35 heavy (non-hydrogen) atoms. The molecule has 192 valence electrons. The van der Waals surface area contributed by atoms with Gasteiger partial charge in [0.05, 0.1) is 12.1 Å². The summed E-state index contributed by atoms with van der Waals surface area (Å²) >= 11 is 0. The van der Waals surface area contributed by atoms with Crippen molar-refractivity contribution in [2.75, 3.05) is 50.7 Å². The second kappa shape index (κ2) is 10.2. The van der Waals surface area contributed by atoms with Crippen molar-refractivity contribution in [1.82, 2.24) is 19.8 Å². The summed E-state index contributed by atoms with van der Waals surface area (Å²) in [6, 6.07) is 0. The summed E-state index contributed by atoms with van der Waals surface area (Å²) in [4.78, 5) is 36.2. The van der Waals surface area contributed by atoms with E-state index in [-0.39, 0.29) is 30.7 Å². The molecule has 3 rings (SSSR count). The molecule has 2 saturated heterocycles. The van der Waals surface area contributed by atoms with Gasteiger partial charge < -0.3 is 20.9 Å². The molecule has 0 saturated carbocycles. The summed E-state index contributed by atoms with van der Waals surface area (Å²) in [5.74, 6) is -2.32. The normalized spacial score (nSPS) is 20.3. The summed E-state index contributed by atoms with van der Waals surface area (Å²) in [6.07, 6.45) is -7.28. The summed E-state index contributed by atoms with van der Waals surface area (Å²) in [5, 5.41) is 7.92. The van der Waals surface area contributed by atoms with Gasteiger partial charge in [0.2, 0.25) is 11.9 Å². The van der Waals surface area contributed by atoms with Crippen molar-refractivity contribution in [2.24, 2.45) is 11.7 Å². The average molecular weight is 507 g/mol. The van der Waals surface area contributed by atoms with Gasteiger partial charge in [0.25, 0.3) is 5.91 Å². The van der Waals surface area contributed by atoms with Crippen LogP contribution >= 0.6 is 0 Å². The highest BCUT2D eigenvalue weighted by molar-refractivity contribution is 6.04. The van der Waals surface area contributed by atoms with Gasteiger partial charge >= 0.3 is 12.4 Å². The molecular formula is C20H23F6N7O2. The molecule has 1 aromatic heterocycles. The molecule has 0 aromatic carbocycles. The van der Waals surface area contributed by atoms with Crippen LogP contribution in [0.1, 0.15) is 12.0 Å². The van der Waals surface area contributed by atoms with Crippen molar-refractivity contribution >= 4 is 23.5 Å². The molecule has 9 nitrogen and oxygen atoms in total. The van der Waals surface area contributed by atoms with E-state index in [1.807, 2.05) is 0 Å². The van der Waals surface area contributed by atoms with Gasteiger partial charge in [-0.05, 0) is 19.0 Å². The molecule has 1 aromatic rings. The quantitative estimate of drug-likeness (QED) is 0.342. The van der Waals surface area contributed by atoms with Crippen LogP contribution in [0.5, 0.6) is 0 Å². The predicted octanol–water partition coefficient (Wildman–Crippen LogP) is 1.46. The first-order valence-electron chi connectivity index (χ1n) is 10.6. The van der Waals surface area contributed by atoms with Gasteiger partial charge in [0.1, 0.15) is 5.57 Å². The molecule has 3 N–H and O–H groups in total. The minimum atomic E-state index is -4.96. The number of nitrogens with two attached hydrogens (primary N) is 1. The largest absolute Gasteiger partial charge is 0.421 e. The van der Waals surface area contributed by atoms with Crippen LogP contribution in [0, 0.1) is 11.3 Å². The second-order valence-electron chi connectivity index (χ2n) is 8.23. The van der Waals surface area contributed by atoms with Gasteiger partial charge in [-0.15, -0.1) is 0 Å². The van der Waals surface area contributed by atoms with E-state index in [9.17, 15) is 35.9 Å². The number of piperazine rings is 1. The Morgan fingerprint density at radius 2 is 1.66 bits per heavy atom. The van der Waals surface area contributed by atoms with Crippen molar-refractivity contribution in [3.63, 3.8) is 0 Å². The van der Waals surface area contributed by atoms with Crippen molar-refractivity contribution in [3.8, 4) is 0 Å². The Labute approximate surface area is 196 Å². The first-order valence-corrected chi connectivity index (χ1v) is 10.6. The van der Waals surface area contributed by atoms with Crippen LogP contribution in [0.15, 0.2) is 24.0 Å². The fourth-order valence-electron chi connectivity index (χ4n) is 3.87. The summed E-state index contributed by atoms with van der Waals surface area (Å²) in [6.45, 7) is 1.82. The molecule has 2 fully saturated rings. The smallest absolute Gasteiger partial charge is 0.366 e. The van der Waals surface area contributed by atoms with E-state index in [1.54, 1.807) is 14.7 Å². The highest BCUT2D eigenvalue weighted by Crippen LogP contribution is 2.29. The number of nitrogens with zero attached hydrogens (tertiary/aromatic N) is 5. The van der Waals surface area contributed by atoms with Crippen LogP contribution in [-0.2, 0) is 15.8 Å². The van der Waals surface area contributed by atoms with Crippen LogP contribution in [0.2, 0.25) is 0 Å². The predicted molar refractivity (Wildman–Crippen MR) is 111 cm³/mol. The van der Waals surface area contributed by atoms with E-state index in [4.69, 9.17) is 11.1 Å². The summed E-state index contributed by atoms with van der Waals surface area (Å²) in [5.41, 5.74) is 1.85. The monoisotopic (exact) mass is 507 g/mol. The minimum Gasteiger partial charge on any atom is -0.366 e. The second-order valence-corrected chi connectivity index (χ2v) is 8.23. The molecule has 0 radical (unpaired) electrons. The number of hydrogen-bond donors (Lipinski definition) is 2. The molecular weight excluding hydrogens is 484 g/mol. The molecule has 2 aliphatic rings. The molecule has 2 aliphatic heterocycles. The number of halogens is 6. The maximum absolute atomic E-state index is 12.9. The Morgan fingerprint density at radius 1 is 1.06 bits per heavy atom. The minimum absolute atomic E-state index is 0.00617. The Hall–Kier alpha value is -3.23. The number of aromatic nitrogens is 2. The van der Waals surface area contributed by atoms with Crippen LogP contribution in [0.3, 0.4) is 0 Å². The van der Waals surface area contributed by atoms with Crippen LogP contribution in [0.4, 0.5) is 32.3 Å². The molecule has 3 heterocycles. The highest BCUT2D eigenvalue weighted by atomic mass is 19.4. The van der Waals surface area contributed by atoms with Gasteiger partial charge in [0.15, 0.2) is 0 Å². The lowest BCUT2D eigenvalue weighted by Gasteiger charge is -2.35. The van der Waals surface area contributed by atoms with Gasteiger partial charge in [0, 0.05) is 56.7 Å². The van der Waals surface area contributed by atoms with Crippen molar-refractivity contribution < 1.29 is 35.9 Å². The first-order chi connectivity index (χ1) is 16.3. The molecule has 15 heteroatoms. The van der Waals surface area contributed by atoms with Gasteiger partial charge in [-0.3, -0.25) is 14.5 Å². The topological polar surface area (TPSA) is 120 Å². The molecule has 1 atom stereocenters. The number of likely N-dealkylation sites (tertiary alicyclic amines) is 1. The molecule has 0 spiro atoms. The third-order valence-electron chi connectivity index (χ3n) is 5.82. The number of anilines is 1. The lowest BCUT2D eigenvalue weighted by atomic mass is 10.00. The summed E-state index contributed by atoms with van der Waals surface area (Å²) in [7, 11) is 0. The fraction of sp³-hybridized carbons (Fsp3) is 0.550. The van der Waals surface area contributed by atoms with E-state index in [0.717, 1.165) is 0 Å². The zero-order chi connectivity index (χ0) is 26.0. The van der Waals surface area contributed by atoms with E-state index < -0.39 is 35.3 Å². The molecule has 0 aliphatic carbocycles. The number of alkyl halides is 6. The van der Waals surface area contributed by atoms with E-state index in [1.165, 1.54) is 0 Å². The average Bonchev–Trinajstić information content (AvgIpc) is 3.24. The zero-order valence-electron chi connectivity index (χ0n) is 18.4. The van der Waals surface area contributed by atoms with E-state index >= 15 is 0 Å². The standard InChI is InChI=1S/C20H23F6N7O2/c21-19(22,23)13-8-29-18(30-9-13)33-5-3-32(4-6-33)16(34)11-31-2-1-12(10-31)15(27)7-14(17(28)35)20(24,25)26/h7-9,12,27H,1-6,10-11H2,(H2,28,35)/b14-7+,27-15?. The van der Waals surface area contributed by atoms with Gasteiger partial charge in [-0.1, -0.05) is 0 Å². The van der Waals surface area contributed by atoms with Crippen molar-refractivity contribution in [2.45, 2.75) is 18.8 Å². The third-order valence-corrected chi connectivity index (χ3v) is 5.82. The first kappa shape index (κ1) is 26.4. The Morgan fingerprint density at radius 3 is 2.17 bits per heavy atom. The molecule has 0 bridgehead atoms. The van der Waals surface area contributed by atoms with E-state index in [2.05, 4.69) is 9.97 Å². The number of hydrogen-bond acceptors (Lipinski definition) is 7. The van der Waals surface area contributed by atoms with Crippen LogP contribution in [-0.4, -0.2) is 89.3 Å². The summed E-state index contributed by atoms with van der Waals surface area (Å²) < 4.78 is 76.6. The number of carbonyl (C=O) groups is 2. The van der Waals surface area contributed by atoms with Crippen molar-refractivity contribution in [1.29, 1.82) is 5.41 Å². The zero-order valence-corrected chi connectivity index (χ0v) is 18.4. The Balaban J connectivity index is 1.49. The SMILES string of the molecule is N=C(/C=C(\C(N)=O)C(F)(F)F)C1CCN(CC(=O)N2CCN(c3ncc(C(F)(F)F)cn3)CC2)C1. The number of nitrogens with one attached hydrogen (secondary N) is 1.